The average Bonchev–Trinajstić information content (AvgIpc) is 3.45. The summed E-state index contributed by atoms with van der Waals surface area (Å²) in [6.45, 7) is 6.63. The summed E-state index contributed by atoms with van der Waals surface area (Å²) in [4.78, 5) is 38.3. The number of rotatable bonds is 66. The van der Waals surface area contributed by atoms with Crippen molar-refractivity contribution in [2.75, 3.05) is 13.2 Å². The van der Waals surface area contributed by atoms with Gasteiger partial charge in [-0.05, 0) is 77.0 Å². The molecule has 1 unspecified atom stereocenters. The van der Waals surface area contributed by atoms with E-state index in [0.717, 1.165) is 89.9 Å². The topological polar surface area (TPSA) is 78.9 Å². The van der Waals surface area contributed by atoms with Crippen LogP contribution in [0.4, 0.5) is 0 Å². The summed E-state index contributed by atoms with van der Waals surface area (Å²) in [7, 11) is 0. The van der Waals surface area contributed by atoms with Crippen LogP contribution in [0.15, 0.2) is 36.5 Å². The Morgan fingerprint density at radius 2 is 0.456 bits per heavy atom. The van der Waals surface area contributed by atoms with E-state index in [-0.39, 0.29) is 31.1 Å². The van der Waals surface area contributed by atoms with Crippen LogP contribution in [0, 0.1) is 0 Å². The van der Waals surface area contributed by atoms with Gasteiger partial charge < -0.3 is 14.2 Å². The molecule has 0 aliphatic carbocycles. The van der Waals surface area contributed by atoms with Gasteiger partial charge in [-0.1, -0.05) is 333 Å². The van der Waals surface area contributed by atoms with Gasteiger partial charge in [-0.2, -0.15) is 0 Å². The van der Waals surface area contributed by atoms with Gasteiger partial charge in [0.25, 0.3) is 0 Å². The van der Waals surface area contributed by atoms with Gasteiger partial charge in [-0.25, -0.2) is 0 Å². The van der Waals surface area contributed by atoms with Gasteiger partial charge in [0, 0.05) is 19.3 Å². The van der Waals surface area contributed by atoms with Crippen molar-refractivity contribution in [3.63, 3.8) is 0 Å². The summed E-state index contributed by atoms with van der Waals surface area (Å²) in [6.07, 6.45) is 84.9. The van der Waals surface area contributed by atoms with E-state index in [1.165, 1.54) is 263 Å². The number of carbonyl (C=O) groups is 3. The number of carbonyl (C=O) groups excluding carboxylic acids is 3. The van der Waals surface area contributed by atoms with E-state index in [9.17, 15) is 14.4 Å². The summed E-state index contributed by atoms with van der Waals surface area (Å²) in [5.74, 6) is -0.878. The molecule has 0 radical (unpaired) electrons. The number of ether oxygens (including phenoxy) is 3. The summed E-state index contributed by atoms with van der Waals surface area (Å²) in [6, 6.07) is 0. The van der Waals surface area contributed by atoms with Crippen LogP contribution in [-0.2, 0) is 28.6 Å². The van der Waals surface area contributed by atoms with Crippen LogP contribution < -0.4 is 0 Å². The Labute approximate surface area is 493 Å². The van der Waals surface area contributed by atoms with Crippen molar-refractivity contribution in [3.8, 4) is 0 Å². The highest BCUT2D eigenvalue weighted by molar-refractivity contribution is 5.71. The highest BCUT2D eigenvalue weighted by atomic mass is 16.6. The first kappa shape index (κ1) is 76.6. The van der Waals surface area contributed by atoms with Crippen LogP contribution in [0.5, 0.6) is 0 Å². The third-order valence-electron chi connectivity index (χ3n) is 16.1. The third-order valence-corrected chi connectivity index (χ3v) is 16.1. The van der Waals surface area contributed by atoms with E-state index in [2.05, 4.69) is 57.2 Å². The zero-order chi connectivity index (χ0) is 57.1. The molecule has 0 aliphatic heterocycles. The molecule has 0 bridgehead atoms. The maximum atomic E-state index is 12.9. The smallest absolute Gasteiger partial charge is 0.306 e. The van der Waals surface area contributed by atoms with Crippen LogP contribution >= 0.6 is 0 Å². The molecule has 464 valence electrons. The number of hydrogen-bond acceptors (Lipinski definition) is 6. The van der Waals surface area contributed by atoms with Crippen molar-refractivity contribution in [2.45, 2.75) is 399 Å². The predicted octanol–water partition coefficient (Wildman–Crippen LogP) is 24.3. The minimum absolute atomic E-state index is 0.0766. The van der Waals surface area contributed by atoms with E-state index in [4.69, 9.17) is 14.2 Å². The third kappa shape index (κ3) is 66.3. The fourth-order valence-electron chi connectivity index (χ4n) is 10.8. The van der Waals surface area contributed by atoms with Crippen molar-refractivity contribution in [1.82, 2.24) is 0 Å². The van der Waals surface area contributed by atoms with E-state index in [1.807, 2.05) is 0 Å². The highest BCUT2D eigenvalue weighted by Gasteiger charge is 2.19. The van der Waals surface area contributed by atoms with Crippen LogP contribution in [-0.4, -0.2) is 37.2 Å². The second kappa shape index (κ2) is 68.1. The highest BCUT2D eigenvalue weighted by Crippen LogP contribution is 2.19. The second-order valence-corrected chi connectivity index (χ2v) is 24.1. The van der Waals surface area contributed by atoms with Gasteiger partial charge in [0.15, 0.2) is 6.10 Å². The van der Waals surface area contributed by atoms with Crippen molar-refractivity contribution < 1.29 is 28.6 Å². The molecular formula is C73H136O6. The molecule has 6 heteroatoms. The molecule has 0 amide bonds. The zero-order valence-electron chi connectivity index (χ0n) is 53.4. The Kier molecular flexibility index (Phi) is 66.1. The van der Waals surface area contributed by atoms with Crippen LogP contribution in [0.2, 0.25) is 0 Å². The molecule has 0 aromatic rings. The second-order valence-electron chi connectivity index (χ2n) is 24.1. The quantitative estimate of drug-likeness (QED) is 0.0261. The Hall–Kier alpha value is -2.37. The molecule has 0 spiro atoms. The number of hydrogen-bond donors (Lipinski definition) is 0. The van der Waals surface area contributed by atoms with Crippen molar-refractivity contribution in [2.24, 2.45) is 0 Å². The Morgan fingerprint density at radius 3 is 0.734 bits per heavy atom. The van der Waals surface area contributed by atoms with Crippen LogP contribution in [0.25, 0.3) is 0 Å². The molecule has 0 heterocycles. The minimum Gasteiger partial charge on any atom is -0.462 e. The molecular weight excluding hydrogens is 973 g/mol. The van der Waals surface area contributed by atoms with Gasteiger partial charge in [0.05, 0.1) is 0 Å². The molecule has 0 saturated carbocycles. The average molecular weight is 1110 g/mol. The number of esters is 3. The Balaban J connectivity index is 4.04. The fourth-order valence-corrected chi connectivity index (χ4v) is 10.8. The molecule has 0 aromatic heterocycles. The molecule has 1 atom stereocenters. The van der Waals surface area contributed by atoms with E-state index in [1.54, 1.807) is 0 Å². The van der Waals surface area contributed by atoms with Gasteiger partial charge in [-0.15, -0.1) is 0 Å². The maximum absolute atomic E-state index is 12.9. The molecule has 6 nitrogen and oxygen atoms in total. The lowest BCUT2D eigenvalue weighted by Crippen LogP contribution is -2.30. The van der Waals surface area contributed by atoms with Crippen molar-refractivity contribution in [3.05, 3.63) is 36.5 Å². The number of allylic oxidation sites excluding steroid dienone is 6. The lowest BCUT2D eigenvalue weighted by molar-refractivity contribution is -0.167. The first-order valence-corrected chi connectivity index (χ1v) is 35.5. The molecule has 0 saturated heterocycles. The molecule has 0 aromatic carbocycles. The molecule has 0 rings (SSSR count). The van der Waals surface area contributed by atoms with Gasteiger partial charge >= 0.3 is 17.9 Å². The normalized spacial score (nSPS) is 12.2. The summed E-state index contributed by atoms with van der Waals surface area (Å²) < 4.78 is 16.9. The molecule has 0 N–H and O–H groups in total. The number of unbranched alkanes of at least 4 members (excludes halogenated alkanes) is 49. The summed E-state index contributed by atoms with van der Waals surface area (Å²) >= 11 is 0. The lowest BCUT2D eigenvalue weighted by Gasteiger charge is -2.18. The fraction of sp³-hybridized carbons (Fsp3) is 0.877. The molecule has 0 aliphatic rings. The van der Waals surface area contributed by atoms with Gasteiger partial charge in [0.1, 0.15) is 13.2 Å². The van der Waals surface area contributed by atoms with Crippen molar-refractivity contribution in [1.29, 1.82) is 0 Å². The molecule has 79 heavy (non-hydrogen) atoms. The van der Waals surface area contributed by atoms with Gasteiger partial charge in [0.2, 0.25) is 0 Å². The zero-order valence-corrected chi connectivity index (χ0v) is 53.4. The first-order chi connectivity index (χ1) is 39.0. The van der Waals surface area contributed by atoms with Crippen molar-refractivity contribution >= 4 is 17.9 Å². The monoisotopic (exact) mass is 1110 g/mol. The first-order valence-electron chi connectivity index (χ1n) is 35.5. The molecule has 0 fully saturated rings. The Morgan fingerprint density at radius 1 is 0.253 bits per heavy atom. The standard InChI is InChI=1S/C73H136O6/c1-4-7-10-13-16-19-22-25-27-28-29-30-31-32-33-34-35-36-37-38-39-40-41-42-43-44-45-47-48-51-54-57-60-63-66-72(75)78-69-70(68-77-71(74)65-62-59-56-53-50-24-21-18-15-12-9-6-3)79-73(76)67-64-61-58-55-52-49-46-26-23-20-17-14-11-8-5-2/h17-18,20-21,26,46,70H,4-16,19,22-25,27-45,47-69H2,1-3H3/b20-17-,21-18-,46-26-. The minimum atomic E-state index is -0.781. The maximum Gasteiger partial charge on any atom is 0.306 e. The summed E-state index contributed by atoms with van der Waals surface area (Å²) in [5, 5.41) is 0. The van der Waals surface area contributed by atoms with Gasteiger partial charge in [-0.3, -0.25) is 14.4 Å². The largest absolute Gasteiger partial charge is 0.462 e. The van der Waals surface area contributed by atoms with E-state index in [0.29, 0.717) is 19.3 Å². The van der Waals surface area contributed by atoms with Crippen LogP contribution in [0.3, 0.4) is 0 Å². The van der Waals surface area contributed by atoms with Crippen LogP contribution in [0.1, 0.15) is 393 Å². The Bertz CT molecular complexity index is 1320. The van der Waals surface area contributed by atoms with E-state index >= 15 is 0 Å². The van der Waals surface area contributed by atoms with E-state index < -0.39 is 6.10 Å². The predicted molar refractivity (Wildman–Crippen MR) is 344 cm³/mol. The SMILES string of the molecule is CCCCC/C=C\C/C=C\CCCCCCCC(=O)OC(COC(=O)CCCCCCC/C=C\CCCCC)COC(=O)CCCCCCCCCCCCCCCCCCCCCCCCCCCCCCCCCCCC. The lowest BCUT2D eigenvalue weighted by atomic mass is 10.0. The summed E-state index contributed by atoms with van der Waals surface area (Å²) in [5.41, 5.74) is 0.